The molecule has 0 saturated carbocycles. The topological polar surface area (TPSA) is 59.4 Å². The van der Waals surface area contributed by atoms with Gasteiger partial charge in [-0.1, -0.05) is 34.6 Å². The van der Waals surface area contributed by atoms with E-state index in [-0.39, 0.29) is 31.0 Å². The number of aliphatic hydroxyl groups is 1. The van der Waals surface area contributed by atoms with Crippen molar-refractivity contribution in [3.63, 3.8) is 0 Å². The summed E-state index contributed by atoms with van der Waals surface area (Å²) in [6.45, 7) is 14.2. The number of carbonyl (C=O) groups excluding carboxylic acids is 1. The first-order valence-electron chi connectivity index (χ1n) is 8.44. The first-order chi connectivity index (χ1) is 10.6. The van der Waals surface area contributed by atoms with Crippen molar-refractivity contribution in [2.75, 3.05) is 0 Å². The lowest BCUT2D eigenvalue weighted by Gasteiger charge is -2.22. The van der Waals surface area contributed by atoms with Crippen molar-refractivity contribution in [3.05, 3.63) is 28.6 Å². The number of aliphatic hydroxyl groups excluding tert-OH is 1. The van der Waals surface area contributed by atoms with Gasteiger partial charge >= 0.3 is 5.97 Å². The van der Waals surface area contributed by atoms with Gasteiger partial charge in [-0.15, -0.1) is 0 Å². The summed E-state index contributed by atoms with van der Waals surface area (Å²) >= 11 is 0. The smallest absolute Gasteiger partial charge is 0.311 e. The number of esters is 1. The first-order valence-corrected chi connectivity index (χ1v) is 8.44. The molecule has 1 rings (SSSR count). The van der Waals surface area contributed by atoms with Gasteiger partial charge < -0.3 is 9.84 Å². The maximum absolute atomic E-state index is 12.2. The summed E-state index contributed by atoms with van der Waals surface area (Å²) in [6, 6.07) is 1.93. The molecule has 0 unspecified atom stereocenters. The highest BCUT2D eigenvalue weighted by molar-refractivity contribution is 5.75. The summed E-state index contributed by atoms with van der Waals surface area (Å²) in [5.74, 6) is 0.270. The van der Waals surface area contributed by atoms with E-state index >= 15 is 0 Å². The lowest BCUT2D eigenvalue weighted by Crippen LogP contribution is -2.26. The first kappa shape index (κ1) is 19.6. The van der Waals surface area contributed by atoms with E-state index in [4.69, 9.17) is 9.72 Å². The highest BCUT2D eigenvalue weighted by Gasteiger charge is 2.27. The van der Waals surface area contributed by atoms with Crippen LogP contribution < -0.4 is 0 Å². The van der Waals surface area contributed by atoms with E-state index in [0.717, 1.165) is 28.9 Å². The van der Waals surface area contributed by atoms with Crippen molar-refractivity contribution in [1.29, 1.82) is 0 Å². The van der Waals surface area contributed by atoms with Crippen molar-refractivity contribution in [2.45, 2.75) is 79.9 Å². The molecule has 0 aliphatic carbocycles. The van der Waals surface area contributed by atoms with E-state index in [1.807, 2.05) is 26.8 Å². The highest BCUT2D eigenvalue weighted by atomic mass is 16.5. The number of ether oxygens (including phenoxy) is 1. The molecule has 1 heterocycles. The average Bonchev–Trinajstić information content (AvgIpc) is 2.50. The van der Waals surface area contributed by atoms with Gasteiger partial charge in [0.25, 0.3) is 0 Å². The zero-order valence-electron chi connectivity index (χ0n) is 15.6. The molecule has 4 heteroatoms. The Hall–Kier alpha value is -1.42. The number of hydrogen-bond acceptors (Lipinski definition) is 4. The fourth-order valence-electron chi connectivity index (χ4n) is 2.36. The Bertz CT molecular complexity index is 548. The van der Waals surface area contributed by atoms with Gasteiger partial charge in [-0.05, 0) is 43.7 Å². The van der Waals surface area contributed by atoms with Gasteiger partial charge in [0.2, 0.25) is 0 Å². The van der Waals surface area contributed by atoms with Crippen LogP contribution >= 0.6 is 0 Å². The Morgan fingerprint density at radius 1 is 1.17 bits per heavy atom. The van der Waals surface area contributed by atoms with E-state index < -0.39 is 5.41 Å². The van der Waals surface area contributed by atoms with E-state index in [1.54, 1.807) is 0 Å². The summed E-state index contributed by atoms with van der Waals surface area (Å²) in [6.07, 6.45) is 0.731. The Kier molecular flexibility index (Phi) is 6.75. The molecular weight excluding hydrogens is 290 g/mol. The van der Waals surface area contributed by atoms with E-state index in [0.29, 0.717) is 0 Å². The number of hydrogen-bond donors (Lipinski definition) is 1. The minimum Gasteiger partial charge on any atom is -0.460 e. The van der Waals surface area contributed by atoms with Crippen molar-refractivity contribution in [3.8, 4) is 0 Å². The highest BCUT2D eigenvalue weighted by Crippen LogP contribution is 2.27. The molecule has 4 nitrogen and oxygen atoms in total. The predicted molar refractivity (Wildman–Crippen MR) is 92.2 cm³/mol. The third-order valence-electron chi connectivity index (χ3n) is 4.31. The van der Waals surface area contributed by atoms with Crippen LogP contribution in [0.15, 0.2) is 6.07 Å². The molecule has 130 valence electrons. The third-order valence-corrected chi connectivity index (χ3v) is 4.31. The molecule has 0 aromatic carbocycles. The average molecular weight is 321 g/mol. The fraction of sp³-hybridized carbons (Fsp3) is 0.684. The lowest BCUT2D eigenvalue weighted by atomic mass is 9.90. The van der Waals surface area contributed by atoms with Crippen LogP contribution in [0.2, 0.25) is 0 Å². The SMILES string of the molecule is CCC(C)(C)C(=O)OCc1cc(CO)c(C(C)C)nc1C(C)C. The van der Waals surface area contributed by atoms with Crippen molar-refractivity contribution < 1.29 is 14.6 Å². The monoisotopic (exact) mass is 321 g/mol. The zero-order chi connectivity index (χ0) is 17.8. The summed E-state index contributed by atoms with van der Waals surface area (Å²) < 4.78 is 5.51. The van der Waals surface area contributed by atoms with Gasteiger partial charge in [0.15, 0.2) is 0 Å². The zero-order valence-corrected chi connectivity index (χ0v) is 15.6. The molecule has 1 N–H and O–H groups in total. The van der Waals surface area contributed by atoms with Gasteiger partial charge in [-0.25, -0.2) is 0 Å². The number of aromatic nitrogens is 1. The van der Waals surface area contributed by atoms with Gasteiger partial charge in [0, 0.05) is 17.0 Å². The van der Waals surface area contributed by atoms with Gasteiger partial charge in [0.05, 0.1) is 12.0 Å². The fourth-order valence-corrected chi connectivity index (χ4v) is 2.36. The number of carbonyl (C=O) groups is 1. The standard InChI is InChI=1S/C19H31NO3/c1-8-19(6,7)18(22)23-11-15-9-14(10-21)16(12(2)3)20-17(15)13(4)5/h9,12-13,21H,8,10-11H2,1-7H3. The van der Waals surface area contributed by atoms with Crippen LogP contribution in [0, 0.1) is 5.41 Å². The number of rotatable bonds is 7. The molecular formula is C19H31NO3. The Morgan fingerprint density at radius 3 is 2.13 bits per heavy atom. The van der Waals surface area contributed by atoms with E-state index in [2.05, 4.69) is 27.7 Å². The molecule has 0 fully saturated rings. The molecule has 0 aliphatic heterocycles. The Balaban J connectivity index is 3.12. The summed E-state index contributed by atoms with van der Waals surface area (Å²) in [5, 5.41) is 9.62. The molecule has 0 amide bonds. The van der Waals surface area contributed by atoms with Gasteiger partial charge in [-0.2, -0.15) is 0 Å². The number of nitrogens with zero attached hydrogens (tertiary/aromatic N) is 1. The van der Waals surface area contributed by atoms with Crippen LogP contribution in [0.4, 0.5) is 0 Å². The molecule has 23 heavy (non-hydrogen) atoms. The summed E-state index contributed by atoms with van der Waals surface area (Å²) in [5.41, 5.74) is 3.07. The molecule has 0 saturated heterocycles. The van der Waals surface area contributed by atoms with Crippen molar-refractivity contribution >= 4 is 5.97 Å². The van der Waals surface area contributed by atoms with Crippen LogP contribution in [-0.2, 0) is 22.7 Å². The normalized spacial score (nSPS) is 12.1. The summed E-state index contributed by atoms with van der Waals surface area (Å²) in [7, 11) is 0. The van der Waals surface area contributed by atoms with Crippen LogP contribution in [0.1, 0.15) is 89.2 Å². The second-order valence-electron chi connectivity index (χ2n) is 7.36. The molecule has 0 atom stereocenters. The quantitative estimate of drug-likeness (QED) is 0.761. The van der Waals surface area contributed by atoms with Crippen LogP contribution in [0.25, 0.3) is 0 Å². The van der Waals surface area contributed by atoms with Crippen LogP contribution in [0.5, 0.6) is 0 Å². The maximum Gasteiger partial charge on any atom is 0.311 e. The van der Waals surface area contributed by atoms with Crippen LogP contribution in [0.3, 0.4) is 0 Å². The van der Waals surface area contributed by atoms with Crippen molar-refractivity contribution in [1.82, 2.24) is 4.98 Å². The maximum atomic E-state index is 12.2. The van der Waals surface area contributed by atoms with E-state index in [1.165, 1.54) is 0 Å². The second kappa shape index (κ2) is 7.91. The van der Waals surface area contributed by atoms with Crippen molar-refractivity contribution in [2.24, 2.45) is 5.41 Å². The Labute approximate surface area is 140 Å². The Morgan fingerprint density at radius 2 is 1.70 bits per heavy atom. The van der Waals surface area contributed by atoms with E-state index in [9.17, 15) is 9.90 Å². The molecule has 0 radical (unpaired) electrons. The van der Waals surface area contributed by atoms with Crippen LogP contribution in [-0.4, -0.2) is 16.1 Å². The largest absolute Gasteiger partial charge is 0.460 e. The molecule has 0 spiro atoms. The van der Waals surface area contributed by atoms with Gasteiger partial charge in [0.1, 0.15) is 6.61 Å². The second-order valence-corrected chi connectivity index (χ2v) is 7.36. The molecule has 1 aromatic heterocycles. The molecule has 0 bridgehead atoms. The third kappa shape index (κ3) is 4.77. The molecule has 1 aromatic rings. The lowest BCUT2D eigenvalue weighted by molar-refractivity contribution is -0.155. The van der Waals surface area contributed by atoms with Gasteiger partial charge in [-0.3, -0.25) is 9.78 Å². The minimum absolute atomic E-state index is 0.0553. The number of pyridine rings is 1. The minimum atomic E-state index is -0.483. The predicted octanol–water partition coefficient (Wildman–Crippen LogP) is 4.30. The summed E-state index contributed by atoms with van der Waals surface area (Å²) in [4.78, 5) is 16.9. The molecule has 0 aliphatic rings.